The molecule has 1 heterocycles. The molecule has 1 aromatic carbocycles. The van der Waals surface area contributed by atoms with E-state index in [1.807, 2.05) is 30.3 Å². The number of ether oxygens (including phenoxy) is 1. The van der Waals surface area contributed by atoms with Gasteiger partial charge in [0.05, 0.1) is 12.6 Å². The number of hydrogen-bond donors (Lipinski definition) is 1. The van der Waals surface area contributed by atoms with Gasteiger partial charge in [-0.2, -0.15) is 0 Å². The van der Waals surface area contributed by atoms with Crippen LogP contribution in [0, 0.1) is 0 Å². The Balaban J connectivity index is 1.85. The van der Waals surface area contributed by atoms with Crippen LogP contribution in [0.25, 0.3) is 0 Å². The Hall–Kier alpha value is -1.88. The molecule has 1 aliphatic heterocycles. The van der Waals surface area contributed by atoms with Crippen molar-refractivity contribution in [3.05, 3.63) is 35.9 Å². The van der Waals surface area contributed by atoms with Crippen LogP contribution in [0.3, 0.4) is 0 Å². The topological polar surface area (TPSA) is 58.6 Å². The maximum absolute atomic E-state index is 12.9. The number of nitrogens with one attached hydrogen (secondary N) is 1. The van der Waals surface area contributed by atoms with Crippen LogP contribution in [0.4, 0.5) is 0 Å². The number of hydrogen-bond acceptors (Lipinski definition) is 3. The molecule has 0 bridgehead atoms. The number of nitrogens with zero attached hydrogens (tertiary/aromatic N) is 1. The van der Waals surface area contributed by atoms with E-state index in [0.29, 0.717) is 0 Å². The molecule has 112 valence electrons. The zero-order valence-corrected chi connectivity index (χ0v) is 12.3. The molecule has 0 radical (unpaired) electrons. The lowest BCUT2D eigenvalue weighted by Gasteiger charge is -2.48. The van der Waals surface area contributed by atoms with Crippen molar-refractivity contribution in [1.82, 2.24) is 10.2 Å². The van der Waals surface area contributed by atoms with Gasteiger partial charge in [0.15, 0.2) is 0 Å². The van der Waals surface area contributed by atoms with Crippen molar-refractivity contribution in [2.75, 3.05) is 13.7 Å². The fourth-order valence-corrected chi connectivity index (χ4v) is 3.13. The summed E-state index contributed by atoms with van der Waals surface area (Å²) in [5.74, 6) is -0.144. The standard InChI is InChI=1S/C16H20N2O3/c1-16(11-6-4-3-5-7-11)15(20)18(10-14(19)17-16)12-8-13(9-12)21-2/h3-7,12-13H,8-10H2,1-2H3,(H,17,19). The molecular weight excluding hydrogens is 268 g/mol. The fraction of sp³-hybridized carbons (Fsp3) is 0.500. The molecule has 1 saturated carbocycles. The lowest BCUT2D eigenvalue weighted by molar-refractivity contribution is -0.157. The highest BCUT2D eigenvalue weighted by Crippen LogP contribution is 2.33. The van der Waals surface area contributed by atoms with Gasteiger partial charge in [-0.15, -0.1) is 0 Å². The molecule has 1 atom stereocenters. The average Bonchev–Trinajstić information content (AvgIpc) is 2.44. The Morgan fingerprint density at radius 1 is 1.24 bits per heavy atom. The van der Waals surface area contributed by atoms with E-state index in [2.05, 4.69) is 5.32 Å². The minimum absolute atomic E-state index is 0.0344. The Morgan fingerprint density at radius 3 is 2.52 bits per heavy atom. The number of rotatable bonds is 3. The van der Waals surface area contributed by atoms with Crippen molar-refractivity contribution < 1.29 is 14.3 Å². The van der Waals surface area contributed by atoms with Crippen LogP contribution in [-0.4, -0.2) is 42.5 Å². The van der Waals surface area contributed by atoms with Crippen molar-refractivity contribution in [3.8, 4) is 0 Å². The summed E-state index contributed by atoms with van der Waals surface area (Å²) in [6.45, 7) is 1.92. The Morgan fingerprint density at radius 2 is 1.90 bits per heavy atom. The highest BCUT2D eigenvalue weighted by Gasteiger charge is 2.48. The lowest BCUT2D eigenvalue weighted by atomic mass is 9.83. The van der Waals surface area contributed by atoms with Crippen LogP contribution >= 0.6 is 0 Å². The fourth-order valence-electron chi connectivity index (χ4n) is 3.13. The van der Waals surface area contributed by atoms with Gasteiger partial charge in [0.25, 0.3) is 5.91 Å². The summed E-state index contributed by atoms with van der Waals surface area (Å²) >= 11 is 0. The Bertz CT molecular complexity index is 554. The van der Waals surface area contributed by atoms with Gasteiger partial charge in [-0.3, -0.25) is 9.59 Å². The normalized spacial score (nSPS) is 32.6. The predicted octanol–water partition coefficient (Wildman–Crippen LogP) is 1.04. The molecule has 2 amide bonds. The molecule has 5 heteroatoms. The molecule has 3 rings (SSSR count). The van der Waals surface area contributed by atoms with E-state index in [-0.39, 0.29) is 30.5 Å². The average molecular weight is 288 g/mol. The summed E-state index contributed by atoms with van der Waals surface area (Å²) < 4.78 is 5.27. The third-order valence-corrected chi connectivity index (χ3v) is 4.59. The van der Waals surface area contributed by atoms with Gasteiger partial charge in [-0.25, -0.2) is 0 Å². The number of amides is 2. The van der Waals surface area contributed by atoms with Crippen LogP contribution in [0.5, 0.6) is 0 Å². The van der Waals surface area contributed by atoms with Crippen LogP contribution in [0.15, 0.2) is 30.3 Å². The van der Waals surface area contributed by atoms with Crippen molar-refractivity contribution in [2.45, 2.75) is 37.5 Å². The second-order valence-corrected chi connectivity index (χ2v) is 5.96. The van der Waals surface area contributed by atoms with Gasteiger partial charge in [-0.1, -0.05) is 30.3 Å². The van der Waals surface area contributed by atoms with Crippen LogP contribution < -0.4 is 5.32 Å². The van der Waals surface area contributed by atoms with Crippen LogP contribution in [0.2, 0.25) is 0 Å². The molecule has 2 aliphatic rings. The van der Waals surface area contributed by atoms with E-state index in [9.17, 15) is 9.59 Å². The monoisotopic (exact) mass is 288 g/mol. The highest BCUT2D eigenvalue weighted by atomic mass is 16.5. The number of methoxy groups -OCH3 is 1. The van der Waals surface area contributed by atoms with E-state index < -0.39 is 5.54 Å². The summed E-state index contributed by atoms with van der Waals surface area (Å²) in [6, 6.07) is 9.51. The molecule has 0 spiro atoms. The first-order chi connectivity index (χ1) is 10.0. The minimum Gasteiger partial charge on any atom is -0.381 e. The first-order valence-corrected chi connectivity index (χ1v) is 7.25. The molecule has 1 saturated heterocycles. The molecule has 5 nitrogen and oxygen atoms in total. The molecule has 1 aliphatic carbocycles. The minimum atomic E-state index is -0.977. The molecule has 1 unspecified atom stereocenters. The third kappa shape index (κ3) is 2.31. The van der Waals surface area contributed by atoms with E-state index in [4.69, 9.17) is 4.74 Å². The highest BCUT2D eigenvalue weighted by molar-refractivity contribution is 5.98. The maximum Gasteiger partial charge on any atom is 0.253 e. The van der Waals surface area contributed by atoms with Gasteiger partial charge < -0.3 is 15.0 Å². The van der Waals surface area contributed by atoms with Crippen molar-refractivity contribution in [1.29, 1.82) is 0 Å². The van der Waals surface area contributed by atoms with Crippen molar-refractivity contribution in [3.63, 3.8) is 0 Å². The largest absolute Gasteiger partial charge is 0.381 e. The van der Waals surface area contributed by atoms with E-state index in [1.54, 1.807) is 18.9 Å². The quantitative estimate of drug-likeness (QED) is 0.904. The number of carbonyl (C=O) groups excluding carboxylic acids is 2. The molecule has 1 N–H and O–H groups in total. The Kier molecular flexibility index (Phi) is 3.45. The summed E-state index contributed by atoms with van der Waals surface area (Å²) in [4.78, 5) is 26.7. The van der Waals surface area contributed by atoms with Crippen LogP contribution in [0.1, 0.15) is 25.3 Å². The first kappa shape index (κ1) is 14.1. The van der Waals surface area contributed by atoms with Gasteiger partial charge in [0.1, 0.15) is 5.54 Å². The number of benzene rings is 1. The second kappa shape index (κ2) is 5.15. The first-order valence-electron chi connectivity index (χ1n) is 7.25. The van der Waals surface area contributed by atoms with Gasteiger partial charge in [0.2, 0.25) is 5.91 Å². The van der Waals surface area contributed by atoms with Crippen molar-refractivity contribution in [2.24, 2.45) is 0 Å². The summed E-state index contributed by atoms with van der Waals surface area (Å²) in [5, 5.41) is 2.86. The van der Waals surface area contributed by atoms with E-state index in [1.165, 1.54) is 0 Å². The Labute approximate surface area is 124 Å². The molecule has 1 aromatic rings. The number of piperazine rings is 1. The molecule has 0 aromatic heterocycles. The molecular formula is C16H20N2O3. The smallest absolute Gasteiger partial charge is 0.253 e. The van der Waals surface area contributed by atoms with Crippen LogP contribution in [-0.2, 0) is 19.9 Å². The number of carbonyl (C=O) groups is 2. The summed E-state index contributed by atoms with van der Waals surface area (Å²) in [6.07, 6.45) is 1.82. The zero-order chi connectivity index (χ0) is 15.0. The summed E-state index contributed by atoms with van der Waals surface area (Å²) in [7, 11) is 1.68. The maximum atomic E-state index is 12.9. The third-order valence-electron chi connectivity index (χ3n) is 4.59. The predicted molar refractivity (Wildman–Crippen MR) is 77.5 cm³/mol. The second-order valence-electron chi connectivity index (χ2n) is 5.96. The zero-order valence-electron chi connectivity index (χ0n) is 12.3. The van der Waals surface area contributed by atoms with E-state index in [0.717, 1.165) is 18.4 Å². The SMILES string of the molecule is COC1CC(N2CC(=O)NC(C)(c3ccccc3)C2=O)C1. The lowest BCUT2D eigenvalue weighted by Crippen LogP contribution is -2.67. The van der Waals surface area contributed by atoms with Crippen molar-refractivity contribution >= 4 is 11.8 Å². The summed E-state index contributed by atoms with van der Waals surface area (Å²) in [5.41, 5.74) is -0.162. The van der Waals surface area contributed by atoms with Gasteiger partial charge >= 0.3 is 0 Å². The molecule has 2 fully saturated rings. The van der Waals surface area contributed by atoms with E-state index >= 15 is 0 Å². The van der Waals surface area contributed by atoms with Gasteiger partial charge in [-0.05, 0) is 25.3 Å². The van der Waals surface area contributed by atoms with Gasteiger partial charge in [0, 0.05) is 13.2 Å². The molecule has 21 heavy (non-hydrogen) atoms.